The zero-order valence-electron chi connectivity index (χ0n) is 34.3. The average molecular weight is 811 g/mol. The van der Waals surface area contributed by atoms with Crippen LogP contribution in [0.3, 0.4) is 0 Å². The first-order chi connectivity index (χ1) is 30.4. The quantitative estimate of drug-likeness (QED) is 0.131. The number of imidazole rings is 1. The van der Waals surface area contributed by atoms with Gasteiger partial charge in [-0.2, -0.15) is 0 Å². The Bertz CT molecular complexity index is 3710. The Balaban J connectivity index is 1.13. The van der Waals surface area contributed by atoms with Crippen molar-refractivity contribution in [2.45, 2.75) is 19.3 Å². The summed E-state index contributed by atoms with van der Waals surface area (Å²) in [6.07, 6.45) is 0. The van der Waals surface area contributed by atoms with E-state index in [0.717, 1.165) is 71.3 Å². The third kappa shape index (κ3) is 4.72. The summed E-state index contributed by atoms with van der Waals surface area (Å²) in [5, 5.41) is 9.38. The lowest BCUT2D eigenvalue weighted by atomic mass is 9.80. The Morgan fingerprint density at radius 1 is 0.484 bits per heavy atom. The molecule has 10 aromatic carbocycles. The molecule has 11 aromatic rings. The highest BCUT2D eigenvalue weighted by Gasteiger charge is 2.42. The average Bonchev–Trinajstić information content (AvgIpc) is 3.82. The molecule has 1 atom stereocenters. The second-order valence-corrected chi connectivity index (χ2v) is 20.0. The Morgan fingerprint density at radius 2 is 1.10 bits per heavy atom. The SMILES string of the molecule is CC1(C)c2ccccc2-c2ccc(-c3c4ccccc4c(-c4cccc5c4P(=O)(c4ccccc4)c4cccc6nc(-c7ccc8ccccc8c7)n-5c46)c4ccccc34)cc21. The Kier molecular flexibility index (Phi) is 7.34. The van der Waals surface area contributed by atoms with Crippen LogP contribution in [0.15, 0.2) is 200 Å². The van der Waals surface area contributed by atoms with Crippen molar-refractivity contribution in [1.29, 1.82) is 0 Å². The summed E-state index contributed by atoms with van der Waals surface area (Å²) in [4.78, 5) is 5.36. The lowest BCUT2D eigenvalue weighted by Gasteiger charge is -2.32. The van der Waals surface area contributed by atoms with Crippen molar-refractivity contribution in [3.8, 4) is 50.5 Å². The molecule has 1 aliphatic heterocycles. The van der Waals surface area contributed by atoms with E-state index in [1.807, 2.05) is 36.4 Å². The molecule has 292 valence electrons. The maximum Gasteiger partial charge on any atom is 0.175 e. The minimum absolute atomic E-state index is 0.129. The summed E-state index contributed by atoms with van der Waals surface area (Å²) in [5.41, 5.74) is 13.3. The van der Waals surface area contributed by atoms with Crippen LogP contribution < -0.4 is 15.9 Å². The van der Waals surface area contributed by atoms with E-state index in [1.54, 1.807) is 0 Å². The maximum atomic E-state index is 17.0. The normalized spacial score (nSPS) is 15.8. The Morgan fingerprint density at radius 3 is 1.87 bits per heavy atom. The predicted molar refractivity (Wildman–Crippen MR) is 260 cm³/mol. The van der Waals surface area contributed by atoms with Crippen LogP contribution in [0.4, 0.5) is 0 Å². The predicted octanol–water partition coefficient (Wildman–Crippen LogP) is 13.7. The first kappa shape index (κ1) is 35.4. The van der Waals surface area contributed by atoms with Crippen molar-refractivity contribution in [3.63, 3.8) is 0 Å². The van der Waals surface area contributed by atoms with Crippen molar-refractivity contribution in [1.82, 2.24) is 9.55 Å². The van der Waals surface area contributed by atoms with Gasteiger partial charge in [0.15, 0.2) is 7.14 Å². The molecule has 1 aromatic heterocycles. The first-order valence-electron chi connectivity index (χ1n) is 21.4. The first-order valence-corrected chi connectivity index (χ1v) is 23.1. The summed E-state index contributed by atoms with van der Waals surface area (Å²) in [7, 11) is -3.52. The summed E-state index contributed by atoms with van der Waals surface area (Å²) in [6.45, 7) is 4.70. The van der Waals surface area contributed by atoms with Crippen molar-refractivity contribution in [3.05, 3.63) is 211 Å². The summed E-state index contributed by atoms with van der Waals surface area (Å²) in [6, 6.07) is 71.4. The summed E-state index contributed by atoms with van der Waals surface area (Å²) < 4.78 is 19.3. The smallest absolute Gasteiger partial charge is 0.175 e. The Hall–Kier alpha value is -7.32. The highest BCUT2D eigenvalue weighted by molar-refractivity contribution is 7.86. The van der Waals surface area contributed by atoms with Gasteiger partial charge in [0.05, 0.1) is 22.0 Å². The van der Waals surface area contributed by atoms with Crippen LogP contribution in [0.1, 0.15) is 25.0 Å². The molecule has 0 spiro atoms. The number of nitrogens with zero attached hydrogens (tertiary/aromatic N) is 2. The van der Waals surface area contributed by atoms with Crippen LogP contribution in [0.5, 0.6) is 0 Å². The number of benzene rings is 10. The monoisotopic (exact) mass is 810 g/mol. The lowest BCUT2D eigenvalue weighted by molar-refractivity contribution is 0.592. The second-order valence-electron chi connectivity index (χ2n) is 17.4. The fourth-order valence-corrected chi connectivity index (χ4v) is 14.2. The molecular formula is C58H39N2OP. The van der Waals surface area contributed by atoms with Crippen molar-refractivity contribution < 1.29 is 4.57 Å². The Labute approximate surface area is 360 Å². The van der Waals surface area contributed by atoms with Crippen LogP contribution in [0.2, 0.25) is 0 Å². The third-order valence-electron chi connectivity index (χ3n) is 13.8. The van der Waals surface area contributed by atoms with Crippen LogP contribution >= 0.6 is 7.14 Å². The highest BCUT2D eigenvalue weighted by Crippen LogP contribution is 2.55. The standard InChI is InChI=1S/C58H39N2OP/c1-58(2)48-26-13-12-20-41(48)42-33-32-38(35-49(42)58)53-43-21-8-10-23-45(43)54(46-24-11-9-22-44(46)53)47-25-14-28-51-56(47)62(61,40-18-4-3-5-19-40)52-29-15-27-50-55(52)60(51)57(59-50)39-31-30-36-16-6-7-17-37(36)34-39/h3-35H,1-2H3. The molecule has 13 rings (SSSR count). The van der Waals surface area contributed by atoms with Crippen LogP contribution in [0, 0.1) is 0 Å². The molecule has 4 heteroatoms. The zero-order valence-corrected chi connectivity index (χ0v) is 35.2. The van der Waals surface area contributed by atoms with E-state index in [1.165, 1.54) is 49.5 Å². The number of para-hydroxylation sites is 1. The number of aromatic nitrogens is 2. The van der Waals surface area contributed by atoms with Crippen LogP contribution in [-0.2, 0) is 9.98 Å². The molecule has 1 unspecified atom stereocenters. The number of hydrogen-bond donors (Lipinski definition) is 0. The molecule has 62 heavy (non-hydrogen) atoms. The molecule has 0 radical (unpaired) electrons. The van der Waals surface area contributed by atoms with Gasteiger partial charge in [-0.15, -0.1) is 0 Å². The van der Waals surface area contributed by atoms with Gasteiger partial charge < -0.3 is 4.57 Å². The number of hydrogen-bond acceptors (Lipinski definition) is 2. The molecule has 0 amide bonds. The minimum Gasteiger partial charge on any atom is -0.308 e. The van der Waals surface area contributed by atoms with Gasteiger partial charge in [-0.05, 0) is 107 Å². The molecule has 0 bridgehead atoms. The van der Waals surface area contributed by atoms with Gasteiger partial charge in [0.25, 0.3) is 0 Å². The van der Waals surface area contributed by atoms with Gasteiger partial charge in [-0.25, -0.2) is 4.98 Å². The van der Waals surface area contributed by atoms with E-state index in [4.69, 9.17) is 4.98 Å². The summed E-state index contributed by atoms with van der Waals surface area (Å²) >= 11 is 0. The summed E-state index contributed by atoms with van der Waals surface area (Å²) in [5.74, 6) is 0.836. The maximum absolute atomic E-state index is 17.0. The third-order valence-corrected chi connectivity index (χ3v) is 16.9. The van der Waals surface area contributed by atoms with Gasteiger partial charge in [-0.3, -0.25) is 4.57 Å². The van der Waals surface area contributed by atoms with E-state index in [-0.39, 0.29) is 5.41 Å². The van der Waals surface area contributed by atoms with Crippen molar-refractivity contribution >= 4 is 66.4 Å². The molecule has 3 nitrogen and oxygen atoms in total. The van der Waals surface area contributed by atoms with E-state index in [0.29, 0.717) is 0 Å². The number of rotatable bonds is 4. The zero-order chi connectivity index (χ0) is 41.3. The highest BCUT2D eigenvalue weighted by atomic mass is 31.2. The van der Waals surface area contributed by atoms with E-state index < -0.39 is 7.14 Å². The largest absolute Gasteiger partial charge is 0.308 e. The molecule has 0 saturated heterocycles. The van der Waals surface area contributed by atoms with Gasteiger partial charge in [0.2, 0.25) is 0 Å². The van der Waals surface area contributed by atoms with Crippen molar-refractivity contribution in [2.24, 2.45) is 0 Å². The van der Waals surface area contributed by atoms with E-state index in [9.17, 15) is 0 Å². The second kappa shape index (κ2) is 12.8. The molecule has 2 heterocycles. The van der Waals surface area contributed by atoms with Gasteiger partial charge in [-0.1, -0.05) is 184 Å². The number of fused-ring (bicyclic) bond motifs is 8. The minimum atomic E-state index is -3.52. The van der Waals surface area contributed by atoms with Gasteiger partial charge >= 0.3 is 0 Å². The van der Waals surface area contributed by atoms with E-state index in [2.05, 4.69) is 182 Å². The van der Waals surface area contributed by atoms with Crippen LogP contribution in [0.25, 0.3) is 93.8 Å². The van der Waals surface area contributed by atoms with Gasteiger partial charge in [0, 0.05) is 21.6 Å². The molecule has 0 fully saturated rings. The van der Waals surface area contributed by atoms with Crippen LogP contribution in [-0.4, -0.2) is 9.55 Å². The van der Waals surface area contributed by atoms with Gasteiger partial charge in [0.1, 0.15) is 5.82 Å². The fraction of sp³-hybridized carbons (Fsp3) is 0.0517. The topological polar surface area (TPSA) is 34.9 Å². The fourth-order valence-electron chi connectivity index (χ4n) is 11.0. The lowest BCUT2D eigenvalue weighted by Crippen LogP contribution is -2.34. The molecule has 0 N–H and O–H groups in total. The van der Waals surface area contributed by atoms with Crippen molar-refractivity contribution in [2.75, 3.05) is 0 Å². The molecule has 1 aliphatic carbocycles. The van der Waals surface area contributed by atoms with E-state index >= 15 is 4.57 Å². The molecule has 0 saturated carbocycles. The molecular weight excluding hydrogens is 772 g/mol. The molecule has 2 aliphatic rings.